The van der Waals surface area contributed by atoms with Gasteiger partial charge < -0.3 is 7.97 Å². The number of carbonyl (C=O) groups is 1. The van der Waals surface area contributed by atoms with Crippen LogP contribution < -0.4 is 4.90 Å². The average Bonchev–Trinajstić information content (AvgIpc) is 3.17. The van der Waals surface area contributed by atoms with Crippen LogP contribution in [0.1, 0.15) is 30.7 Å². The lowest BCUT2D eigenvalue weighted by Gasteiger charge is -2.40. The Bertz CT molecular complexity index is 498. The van der Waals surface area contributed by atoms with Crippen molar-refractivity contribution in [1.82, 2.24) is 0 Å². The first-order valence-corrected chi connectivity index (χ1v) is 7.41. The van der Waals surface area contributed by atoms with E-state index in [1.807, 2.05) is 12.1 Å². The number of benzene rings is 1. The first-order valence-electron chi connectivity index (χ1n) is 6.53. The maximum atomic E-state index is 13.9. The van der Waals surface area contributed by atoms with Crippen molar-refractivity contribution in [2.45, 2.75) is 25.2 Å². The number of rotatable bonds is 4. The van der Waals surface area contributed by atoms with Gasteiger partial charge in [0.25, 0.3) is 0 Å². The van der Waals surface area contributed by atoms with Gasteiger partial charge in [-0.3, -0.25) is 4.79 Å². The molecule has 0 amide bonds. The van der Waals surface area contributed by atoms with Crippen molar-refractivity contribution in [3.05, 3.63) is 29.6 Å². The molecule has 1 aromatic rings. The number of carbonyl (C=O) groups excluding carboxylic acids is 1. The van der Waals surface area contributed by atoms with E-state index in [0.717, 1.165) is 37.2 Å². The Morgan fingerprint density at radius 1 is 1.42 bits per heavy atom. The van der Waals surface area contributed by atoms with Crippen LogP contribution in [0.3, 0.4) is 0 Å². The van der Waals surface area contributed by atoms with Crippen LogP contribution in [-0.2, 0) is 7.86 Å². The number of halogens is 2. The van der Waals surface area contributed by atoms with Crippen molar-refractivity contribution in [3.8, 4) is 0 Å². The Kier molecular flexibility index (Phi) is 3.64. The minimum atomic E-state index is -0.180. The summed E-state index contributed by atoms with van der Waals surface area (Å²) in [5.74, 6) is 0.501. The fourth-order valence-corrected chi connectivity index (χ4v) is 2.79. The SMILES string of the molecule is O=C(CC1CN(c2ccc(C3CC3)c(F)c2)C1)OI. The first-order chi connectivity index (χ1) is 9.17. The van der Waals surface area contributed by atoms with Crippen LogP contribution >= 0.6 is 23.0 Å². The second-order valence-electron chi connectivity index (χ2n) is 5.40. The second kappa shape index (κ2) is 5.26. The quantitative estimate of drug-likeness (QED) is 0.756. The molecule has 3 nitrogen and oxygen atoms in total. The Morgan fingerprint density at radius 2 is 2.16 bits per heavy atom. The normalized spacial score (nSPS) is 19.2. The molecule has 0 aromatic heterocycles. The fraction of sp³-hybridized carbons (Fsp3) is 0.500. The Morgan fingerprint density at radius 3 is 2.74 bits per heavy atom. The summed E-state index contributed by atoms with van der Waals surface area (Å²) in [7, 11) is 0. The number of nitrogens with zero attached hydrogens (tertiary/aromatic N) is 1. The van der Waals surface area contributed by atoms with E-state index in [1.165, 1.54) is 0 Å². The van der Waals surface area contributed by atoms with Gasteiger partial charge in [-0.25, -0.2) is 4.39 Å². The van der Waals surface area contributed by atoms with Crippen LogP contribution in [0.4, 0.5) is 10.1 Å². The molecule has 0 N–H and O–H groups in total. The van der Waals surface area contributed by atoms with Crippen molar-refractivity contribution in [3.63, 3.8) is 0 Å². The molecule has 1 aromatic carbocycles. The van der Waals surface area contributed by atoms with E-state index in [0.29, 0.717) is 18.3 Å². The zero-order valence-corrected chi connectivity index (χ0v) is 12.6. The monoisotopic (exact) mass is 375 g/mol. The number of anilines is 1. The van der Waals surface area contributed by atoms with Crippen LogP contribution in [0, 0.1) is 11.7 Å². The van der Waals surface area contributed by atoms with Gasteiger partial charge >= 0.3 is 5.97 Å². The highest BCUT2D eigenvalue weighted by atomic mass is 127. The third kappa shape index (κ3) is 2.85. The molecular weight excluding hydrogens is 360 g/mol. The minimum Gasteiger partial charge on any atom is -0.394 e. The molecule has 1 heterocycles. The zero-order valence-electron chi connectivity index (χ0n) is 10.4. The average molecular weight is 375 g/mol. The molecule has 1 saturated carbocycles. The van der Waals surface area contributed by atoms with Crippen LogP contribution in [0.25, 0.3) is 0 Å². The molecule has 0 atom stereocenters. The predicted molar refractivity (Wildman–Crippen MR) is 78.8 cm³/mol. The highest BCUT2D eigenvalue weighted by Gasteiger charge is 2.31. The summed E-state index contributed by atoms with van der Waals surface area (Å²) in [4.78, 5) is 13.2. The zero-order chi connectivity index (χ0) is 13.4. The van der Waals surface area contributed by atoms with Gasteiger partial charge in [0.1, 0.15) is 5.82 Å². The van der Waals surface area contributed by atoms with Crippen molar-refractivity contribution in [2.75, 3.05) is 18.0 Å². The van der Waals surface area contributed by atoms with E-state index in [2.05, 4.69) is 7.97 Å². The van der Waals surface area contributed by atoms with Gasteiger partial charge in [-0.05, 0) is 36.5 Å². The molecule has 1 saturated heterocycles. The molecule has 19 heavy (non-hydrogen) atoms. The Balaban J connectivity index is 1.59. The lowest BCUT2D eigenvalue weighted by Crippen LogP contribution is -2.47. The summed E-state index contributed by atoms with van der Waals surface area (Å²) in [5, 5.41) is 0. The van der Waals surface area contributed by atoms with Crippen molar-refractivity contribution in [2.24, 2.45) is 5.92 Å². The summed E-state index contributed by atoms with van der Waals surface area (Å²) in [6.07, 6.45) is 2.67. The van der Waals surface area contributed by atoms with E-state index in [4.69, 9.17) is 0 Å². The van der Waals surface area contributed by atoms with E-state index in [-0.39, 0.29) is 11.8 Å². The molecule has 1 aliphatic heterocycles. The summed E-state index contributed by atoms with van der Waals surface area (Å²) in [5.41, 5.74) is 1.77. The minimum absolute atomic E-state index is 0.0879. The largest absolute Gasteiger partial charge is 0.394 e. The van der Waals surface area contributed by atoms with E-state index >= 15 is 0 Å². The smallest absolute Gasteiger partial charge is 0.315 e. The molecular formula is C14H15FINO2. The van der Waals surface area contributed by atoms with Gasteiger partial charge in [0.2, 0.25) is 0 Å². The molecule has 3 rings (SSSR count). The molecule has 0 bridgehead atoms. The lowest BCUT2D eigenvalue weighted by molar-refractivity contribution is -0.132. The van der Waals surface area contributed by atoms with Gasteiger partial charge in [-0.2, -0.15) is 0 Å². The van der Waals surface area contributed by atoms with Gasteiger partial charge in [0, 0.05) is 24.7 Å². The third-order valence-corrected chi connectivity index (χ3v) is 4.36. The molecule has 5 heteroatoms. The molecule has 0 spiro atoms. The summed E-state index contributed by atoms with van der Waals surface area (Å²) >= 11 is 1.61. The van der Waals surface area contributed by atoms with Crippen LogP contribution in [0.2, 0.25) is 0 Å². The predicted octanol–water partition coefficient (Wildman–Crippen LogP) is 3.42. The van der Waals surface area contributed by atoms with Crippen LogP contribution in [0.15, 0.2) is 18.2 Å². The Labute approximate surface area is 125 Å². The maximum absolute atomic E-state index is 13.9. The maximum Gasteiger partial charge on any atom is 0.315 e. The highest BCUT2D eigenvalue weighted by Crippen LogP contribution is 2.42. The van der Waals surface area contributed by atoms with Gasteiger partial charge in [0.15, 0.2) is 23.0 Å². The van der Waals surface area contributed by atoms with Crippen molar-refractivity contribution in [1.29, 1.82) is 0 Å². The molecule has 102 valence electrons. The molecule has 2 aliphatic rings. The van der Waals surface area contributed by atoms with E-state index in [9.17, 15) is 9.18 Å². The molecule has 2 fully saturated rings. The number of hydrogen-bond donors (Lipinski definition) is 0. The second-order valence-corrected chi connectivity index (χ2v) is 5.84. The van der Waals surface area contributed by atoms with Crippen LogP contribution in [0.5, 0.6) is 0 Å². The molecule has 0 radical (unpaired) electrons. The summed E-state index contributed by atoms with van der Waals surface area (Å²) < 4.78 is 18.5. The standard InChI is InChI=1S/C14H15FINO2/c15-13-6-11(3-4-12(13)10-1-2-10)17-7-9(8-17)5-14(18)19-16/h3-4,6,9-10H,1-2,5,7-8H2. The summed E-state index contributed by atoms with van der Waals surface area (Å²) in [6, 6.07) is 5.53. The number of hydrogen-bond acceptors (Lipinski definition) is 3. The first kappa shape index (κ1) is 13.1. The summed E-state index contributed by atoms with van der Waals surface area (Å²) in [6.45, 7) is 1.60. The van der Waals surface area contributed by atoms with Gasteiger partial charge in [-0.1, -0.05) is 6.07 Å². The van der Waals surface area contributed by atoms with Crippen molar-refractivity contribution < 1.29 is 12.3 Å². The van der Waals surface area contributed by atoms with Crippen molar-refractivity contribution >= 4 is 34.7 Å². The van der Waals surface area contributed by atoms with Gasteiger partial charge in [-0.15, -0.1) is 0 Å². The van der Waals surface area contributed by atoms with Gasteiger partial charge in [0.05, 0.1) is 6.42 Å². The van der Waals surface area contributed by atoms with Crippen LogP contribution in [-0.4, -0.2) is 19.1 Å². The Hall–Kier alpha value is -0.850. The fourth-order valence-electron chi connectivity index (χ4n) is 2.62. The molecule has 1 aliphatic carbocycles. The third-order valence-electron chi connectivity index (χ3n) is 3.86. The molecule has 0 unspecified atom stereocenters. The lowest BCUT2D eigenvalue weighted by atomic mass is 9.95. The van der Waals surface area contributed by atoms with E-state index in [1.54, 1.807) is 29.1 Å². The van der Waals surface area contributed by atoms with E-state index < -0.39 is 0 Å². The highest BCUT2D eigenvalue weighted by molar-refractivity contribution is 14.1. The topological polar surface area (TPSA) is 29.5 Å².